The molecule has 4 rings (SSSR count). The molecule has 1 saturated carbocycles. The van der Waals surface area contributed by atoms with Crippen molar-refractivity contribution in [2.45, 2.75) is 75.3 Å². The summed E-state index contributed by atoms with van der Waals surface area (Å²) in [5.74, 6) is 0.391. The summed E-state index contributed by atoms with van der Waals surface area (Å²) in [5.41, 5.74) is -0.702. The molecule has 3 aliphatic heterocycles. The first-order valence-electron chi connectivity index (χ1n) is 10.5. The summed E-state index contributed by atoms with van der Waals surface area (Å²) in [6, 6.07) is 0. The van der Waals surface area contributed by atoms with Crippen LogP contribution in [-0.4, -0.2) is 89.7 Å². The standard InChI is InChI=1S/C21H33NO7/c1-12(2)5-6-16-20(3,29-16)18-17(26-4)15(7-8-21(18)11-27-21)28-19(25)22-9-13(23)14(24)10-22/h5-6,12-18,23-24H,7-11H2,1-4H3/b6-5+/t13-,14-,15+,16+,17+,18?,20?,21-/m0/s1. The fourth-order valence-electron chi connectivity index (χ4n) is 5.07. The zero-order valence-electron chi connectivity index (χ0n) is 17.6. The number of methoxy groups -OCH3 is 1. The van der Waals surface area contributed by atoms with Gasteiger partial charge in [-0.3, -0.25) is 0 Å². The molecular formula is C21H33NO7. The molecule has 0 aromatic rings. The summed E-state index contributed by atoms with van der Waals surface area (Å²) >= 11 is 0. The third-order valence-corrected chi connectivity index (χ3v) is 6.85. The highest BCUT2D eigenvalue weighted by molar-refractivity contribution is 5.68. The number of hydrogen-bond acceptors (Lipinski definition) is 7. The predicted octanol–water partition coefficient (Wildman–Crippen LogP) is 1.09. The second-order valence-corrected chi connectivity index (χ2v) is 9.38. The minimum absolute atomic E-state index is 0.00745. The Morgan fingerprint density at radius 2 is 1.93 bits per heavy atom. The summed E-state index contributed by atoms with van der Waals surface area (Å²) in [7, 11) is 1.63. The molecule has 2 unspecified atom stereocenters. The Morgan fingerprint density at radius 1 is 1.28 bits per heavy atom. The topological polar surface area (TPSA) is 104 Å². The Hall–Kier alpha value is -1.19. The van der Waals surface area contributed by atoms with Crippen molar-refractivity contribution in [2.24, 2.45) is 11.8 Å². The van der Waals surface area contributed by atoms with Gasteiger partial charge in [0.2, 0.25) is 0 Å². The third kappa shape index (κ3) is 3.81. The SMILES string of the molecule is CO[C@H]1C(C2(C)O[C@@H]2/C=C/C(C)C)[C@]2(CC[C@H]1OC(=O)N1C[C@H](O)[C@@H](O)C1)CO2. The smallest absolute Gasteiger partial charge is 0.410 e. The molecule has 8 atom stereocenters. The molecule has 4 aliphatic rings. The summed E-state index contributed by atoms with van der Waals surface area (Å²) < 4.78 is 23.7. The van der Waals surface area contributed by atoms with Crippen LogP contribution in [-0.2, 0) is 18.9 Å². The molecule has 1 spiro atoms. The Balaban J connectivity index is 1.48. The van der Waals surface area contributed by atoms with Gasteiger partial charge in [0.15, 0.2) is 0 Å². The molecule has 3 saturated heterocycles. The van der Waals surface area contributed by atoms with E-state index in [1.54, 1.807) is 7.11 Å². The molecule has 0 radical (unpaired) electrons. The molecule has 8 heteroatoms. The van der Waals surface area contributed by atoms with Gasteiger partial charge < -0.3 is 34.1 Å². The lowest BCUT2D eigenvalue weighted by Gasteiger charge is -2.42. The van der Waals surface area contributed by atoms with Crippen molar-refractivity contribution >= 4 is 6.09 Å². The maximum absolute atomic E-state index is 12.6. The van der Waals surface area contributed by atoms with E-state index in [2.05, 4.69) is 32.9 Å². The van der Waals surface area contributed by atoms with E-state index < -0.39 is 30.0 Å². The number of epoxide rings is 2. The van der Waals surface area contributed by atoms with Crippen LogP contribution < -0.4 is 0 Å². The number of amides is 1. The van der Waals surface area contributed by atoms with Crippen molar-refractivity contribution < 1.29 is 34.0 Å². The molecule has 3 heterocycles. The van der Waals surface area contributed by atoms with Crippen LogP contribution >= 0.6 is 0 Å². The largest absolute Gasteiger partial charge is 0.443 e. The van der Waals surface area contributed by atoms with Crippen molar-refractivity contribution in [3.05, 3.63) is 12.2 Å². The number of aliphatic hydroxyl groups excluding tert-OH is 2. The minimum atomic E-state index is -0.935. The number of rotatable bonds is 5. The summed E-state index contributed by atoms with van der Waals surface area (Å²) in [5, 5.41) is 19.4. The van der Waals surface area contributed by atoms with E-state index in [9.17, 15) is 15.0 Å². The first-order valence-corrected chi connectivity index (χ1v) is 10.5. The molecule has 164 valence electrons. The van der Waals surface area contributed by atoms with E-state index in [4.69, 9.17) is 18.9 Å². The number of nitrogens with zero attached hydrogens (tertiary/aromatic N) is 1. The van der Waals surface area contributed by atoms with E-state index in [-0.39, 0.29) is 36.8 Å². The Kier molecular flexibility index (Phi) is 5.44. The fraction of sp³-hybridized carbons (Fsp3) is 0.857. The number of β-amino-alcohol motifs (C(OH)–C–C–N with tert-alkyl or cyclic N) is 2. The van der Waals surface area contributed by atoms with E-state index in [1.807, 2.05) is 0 Å². The number of carbonyl (C=O) groups is 1. The van der Waals surface area contributed by atoms with Crippen LogP contribution in [0.1, 0.15) is 33.6 Å². The maximum atomic E-state index is 12.6. The normalized spacial score (nSPS) is 46.7. The zero-order chi connectivity index (χ0) is 21.0. The van der Waals surface area contributed by atoms with Gasteiger partial charge in [-0.15, -0.1) is 0 Å². The molecule has 1 aliphatic carbocycles. The van der Waals surface area contributed by atoms with Crippen LogP contribution in [0.25, 0.3) is 0 Å². The molecule has 4 fully saturated rings. The number of carbonyl (C=O) groups excluding carboxylic acids is 1. The van der Waals surface area contributed by atoms with E-state index in [0.29, 0.717) is 18.9 Å². The Bertz CT molecular complexity index is 653. The van der Waals surface area contributed by atoms with E-state index in [0.717, 1.165) is 6.42 Å². The molecule has 0 aromatic carbocycles. The van der Waals surface area contributed by atoms with Crippen molar-refractivity contribution in [1.82, 2.24) is 4.90 Å². The Morgan fingerprint density at radius 3 is 2.48 bits per heavy atom. The first-order chi connectivity index (χ1) is 13.7. The average Bonchev–Trinajstić information content (AvgIpc) is 3.55. The number of hydrogen-bond donors (Lipinski definition) is 2. The molecule has 1 amide bonds. The molecule has 8 nitrogen and oxygen atoms in total. The lowest BCUT2D eigenvalue weighted by atomic mass is 9.68. The number of aliphatic hydroxyl groups is 2. The first kappa shape index (κ1) is 21.1. The Labute approximate surface area is 171 Å². The van der Waals surface area contributed by atoms with Gasteiger partial charge in [0.05, 0.1) is 37.8 Å². The summed E-state index contributed by atoms with van der Waals surface area (Å²) in [6.07, 6.45) is 2.48. The van der Waals surface area contributed by atoms with Gasteiger partial charge in [-0.2, -0.15) is 0 Å². The number of likely N-dealkylation sites (tertiary alicyclic amines) is 1. The zero-order valence-corrected chi connectivity index (χ0v) is 17.6. The summed E-state index contributed by atoms with van der Waals surface area (Å²) in [4.78, 5) is 14.0. The van der Waals surface area contributed by atoms with Crippen molar-refractivity contribution in [1.29, 1.82) is 0 Å². The monoisotopic (exact) mass is 411 g/mol. The van der Waals surface area contributed by atoms with Gasteiger partial charge in [-0.25, -0.2) is 4.79 Å². The lowest BCUT2D eigenvalue weighted by Crippen LogP contribution is -2.56. The third-order valence-electron chi connectivity index (χ3n) is 6.85. The van der Waals surface area contributed by atoms with Crippen molar-refractivity contribution in [3.8, 4) is 0 Å². The van der Waals surface area contributed by atoms with Gasteiger partial charge in [0, 0.05) is 7.11 Å². The molecule has 0 bridgehead atoms. The quantitative estimate of drug-likeness (QED) is 0.515. The highest BCUT2D eigenvalue weighted by Crippen LogP contribution is 2.59. The van der Waals surface area contributed by atoms with Crippen LogP contribution in [0.5, 0.6) is 0 Å². The van der Waals surface area contributed by atoms with Crippen LogP contribution in [0.2, 0.25) is 0 Å². The maximum Gasteiger partial charge on any atom is 0.410 e. The van der Waals surface area contributed by atoms with Crippen LogP contribution in [0.3, 0.4) is 0 Å². The predicted molar refractivity (Wildman–Crippen MR) is 103 cm³/mol. The van der Waals surface area contributed by atoms with Crippen LogP contribution in [0, 0.1) is 11.8 Å². The molecule has 0 aromatic heterocycles. The van der Waals surface area contributed by atoms with E-state index >= 15 is 0 Å². The minimum Gasteiger partial charge on any atom is -0.443 e. The van der Waals surface area contributed by atoms with Gasteiger partial charge in [0.1, 0.15) is 29.5 Å². The van der Waals surface area contributed by atoms with Gasteiger partial charge in [0.25, 0.3) is 0 Å². The van der Waals surface area contributed by atoms with Gasteiger partial charge in [-0.1, -0.05) is 26.0 Å². The summed E-state index contributed by atoms with van der Waals surface area (Å²) in [6.45, 7) is 7.15. The second-order valence-electron chi connectivity index (χ2n) is 9.38. The molecular weight excluding hydrogens is 378 g/mol. The van der Waals surface area contributed by atoms with Crippen molar-refractivity contribution in [3.63, 3.8) is 0 Å². The highest BCUT2D eigenvalue weighted by atomic mass is 16.6. The fourth-order valence-corrected chi connectivity index (χ4v) is 5.07. The average molecular weight is 411 g/mol. The second kappa shape index (κ2) is 7.50. The lowest BCUT2D eigenvalue weighted by molar-refractivity contribution is -0.121. The highest BCUT2D eigenvalue weighted by Gasteiger charge is 2.72. The van der Waals surface area contributed by atoms with Gasteiger partial charge in [-0.05, 0) is 25.7 Å². The van der Waals surface area contributed by atoms with Crippen molar-refractivity contribution in [2.75, 3.05) is 26.8 Å². The van der Waals surface area contributed by atoms with Gasteiger partial charge >= 0.3 is 6.09 Å². The van der Waals surface area contributed by atoms with Crippen LogP contribution in [0.15, 0.2) is 12.2 Å². The molecule has 2 N–H and O–H groups in total. The van der Waals surface area contributed by atoms with E-state index in [1.165, 1.54) is 4.90 Å². The van der Waals surface area contributed by atoms with Crippen LogP contribution in [0.4, 0.5) is 4.79 Å². The molecule has 29 heavy (non-hydrogen) atoms. The number of allylic oxidation sites excluding steroid dienone is 1. The number of ether oxygens (including phenoxy) is 4.